The largest absolute Gasteiger partial charge is 0.308 e. The molecule has 186 valence electrons. The monoisotopic (exact) mass is 485 g/mol. The van der Waals surface area contributed by atoms with Gasteiger partial charge in [0.15, 0.2) is 5.78 Å². The van der Waals surface area contributed by atoms with Gasteiger partial charge in [-0.1, -0.05) is 62.7 Å². The summed E-state index contributed by atoms with van der Waals surface area (Å²) in [6, 6.07) is 15.2. The lowest BCUT2D eigenvalue weighted by Gasteiger charge is -2.30. The normalized spacial score (nSPS) is 16.6. The summed E-state index contributed by atoms with van der Waals surface area (Å²) >= 11 is 0. The topological polar surface area (TPSA) is 69.7 Å². The number of likely N-dealkylation sites (N-methyl/N-ethyl adjacent to an activating group) is 1. The van der Waals surface area contributed by atoms with Crippen LogP contribution in [0.5, 0.6) is 0 Å². The number of aryl methyl sites for hydroxylation is 1. The lowest BCUT2D eigenvalue weighted by molar-refractivity contribution is 0.0986. The van der Waals surface area contributed by atoms with Crippen molar-refractivity contribution in [1.29, 1.82) is 0 Å². The van der Waals surface area contributed by atoms with Crippen LogP contribution in [0.2, 0.25) is 0 Å². The van der Waals surface area contributed by atoms with E-state index in [2.05, 4.69) is 62.2 Å². The van der Waals surface area contributed by atoms with Gasteiger partial charge in [0.25, 0.3) is 0 Å². The minimum Gasteiger partial charge on any atom is -0.308 e. The van der Waals surface area contributed by atoms with Crippen molar-refractivity contribution < 1.29 is 13.2 Å². The molecule has 0 radical (unpaired) electrons. The van der Waals surface area contributed by atoms with E-state index in [9.17, 15) is 13.2 Å². The third-order valence-corrected chi connectivity index (χ3v) is 8.77. The van der Waals surface area contributed by atoms with Gasteiger partial charge in [0, 0.05) is 31.2 Å². The first-order valence-corrected chi connectivity index (χ1v) is 13.8. The van der Waals surface area contributed by atoms with Crippen LogP contribution in [0.15, 0.2) is 53.4 Å². The van der Waals surface area contributed by atoms with E-state index in [1.165, 1.54) is 17.2 Å². The van der Waals surface area contributed by atoms with Crippen molar-refractivity contribution in [3.63, 3.8) is 0 Å². The van der Waals surface area contributed by atoms with E-state index in [1.54, 1.807) is 22.5 Å². The van der Waals surface area contributed by atoms with Crippen LogP contribution < -0.4 is 5.32 Å². The van der Waals surface area contributed by atoms with Crippen LogP contribution in [0.3, 0.4) is 0 Å². The number of hydrogen-bond acceptors (Lipinski definition) is 5. The predicted molar refractivity (Wildman–Crippen MR) is 138 cm³/mol. The van der Waals surface area contributed by atoms with Gasteiger partial charge in [-0.15, -0.1) is 0 Å². The highest BCUT2D eigenvalue weighted by molar-refractivity contribution is 7.89. The molecule has 7 heteroatoms. The summed E-state index contributed by atoms with van der Waals surface area (Å²) in [4.78, 5) is 15.5. The third-order valence-electron chi connectivity index (χ3n) is 6.87. The number of hydrogen-bond donors (Lipinski definition) is 1. The highest BCUT2D eigenvalue weighted by atomic mass is 32.2. The standard InChI is InChI=1S/C27H39N3O3S/c1-5-29(6-2)26(23-12-10-21(3)11-13-23)19-28-20-27(31)24-8-7-9-25(18-24)34(32,33)30-16-14-22(4)15-17-30/h7-13,18,22,26,28H,5-6,14-17,19-20H2,1-4H3. The molecule has 1 fully saturated rings. The Hall–Kier alpha value is -2.06. The van der Waals surface area contributed by atoms with E-state index in [1.807, 2.05) is 0 Å². The van der Waals surface area contributed by atoms with Crippen molar-refractivity contribution in [2.45, 2.75) is 51.5 Å². The zero-order valence-electron chi connectivity index (χ0n) is 21.0. The van der Waals surface area contributed by atoms with E-state index >= 15 is 0 Å². The molecule has 0 bridgehead atoms. The van der Waals surface area contributed by atoms with E-state index < -0.39 is 10.0 Å². The summed E-state index contributed by atoms with van der Waals surface area (Å²) in [5.41, 5.74) is 2.87. The summed E-state index contributed by atoms with van der Waals surface area (Å²) in [5.74, 6) is 0.442. The molecule has 1 aliphatic heterocycles. The molecule has 1 saturated heterocycles. The van der Waals surface area contributed by atoms with Crippen molar-refractivity contribution in [1.82, 2.24) is 14.5 Å². The molecule has 0 amide bonds. The van der Waals surface area contributed by atoms with Crippen LogP contribution in [-0.4, -0.2) is 62.7 Å². The van der Waals surface area contributed by atoms with Gasteiger partial charge in [-0.2, -0.15) is 4.31 Å². The van der Waals surface area contributed by atoms with Crippen LogP contribution in [0, 0.1) is 12.8 Å². The van der Waals surface area contributed by atoms with Gasteiger partial charge in [0.2, 0.25) is 10.0 Å². The van der Waals surface area contributed by atoms with Crippen LogP contribution in [-0.2, 0) is 10.0 Å². The molecular formula is C27H39N3O3S. The van der Waals surface area contributed by atoms with Crippen LogP contribution in [0.1, 0.15) is 61.1 Å². The first-order chi connectivity index (χ1) is 16.3. The van der Waals surface area contributed by atoms with Crippen molar-refractivity contribution in [3.8, 4) is 0 Å². The smallest absolute Gasteiger partial charge is 0.243 e. The van der Waals surface area contributed by atoms with Gasteiger partial charge in [-0.3, -0.25) is 9.69 Å². The molecule has 6 nitrogen and oxygen atoms in total. The predicted octanol–water partition coefficient (Wildman–Crippen LogP) is 4.27. The Morgan fingerprint density at radius 3 is 2.35 bits per heavy atom. The molecule has 0 aliphatic carbocycles. The summed E-state index contributed by atoms with van der Waals surface area (Å²) in [6.45, 7) is 12.2. The molecular weight excluding hydrogens is 446 g/mol. The zero-order valence-corrected chi connectivity index (χ0v) is 21.8. The maximum absolute atomic E-state index is 13.1. The van der Waals surface area contributed by atoms with Crippen molar-refractivity contribution in [3.05, 3.63) is 65.2 Å². The van der Waals surface area contributed by atoms with Gasteiger partial charge in [0.1, 0.15) is 0 Å². The maximum atomic E-state index is 13.1. The van der Waals surface area contributed by atoms with Gasteiger partial charge in [-0.25, -0.2) is 8.42 Å². The molecule has 1 atom stereocenters. The minimum absolute atomic E-state index is 0.105. The number of nitrogens with one attached hydrogen (secondary N) is 1. The number of carbonyl (C=O) groups is 1. The second-order valence-corrected chi connectivity index (χ2v) is 11.3. The van der Waals surface area contributed by atoms with E-state index in [-0.39, 0.29) is 23.3 Å². The van der Waals surface area contributed by atoms with Gasteiger partial charge < -0.3 is 5.32 Å². The van der Waals surface area contributed by atoms with Crippen LogP contribution in [0.4, 0.5) is 0 Å². The number of rotatable bonds is 11. The summed E-state index contributed by atoms with van der Waals surface area (Å²) in [7, 11) is -3.58. The number of carbonyl (C=O) groups excluding carboxylic acids is 1. The second kappa shape index (κ2) is 12.1. The molecule has 1 heterocycles. The number of sulfonamides is 1. The molecule has 3 rings (SSSR count). The molecule has 0 spiro atoms. The number of piperidine rings is 1. The Morgan fingerprint density at radius 2 is 1.74 bits per heavy atom. The Labute approximate surface area is 205 Å². The fourth-order valence-electron chi connectivity index (χ4n) is 4.54. The number of nitrogens with zero attached hydrogens (tertiary/aromatic N) is 2. The highest BCUT2D eigenvalue weighted by Gasteiger charge is 2.28. The van der Waals surface area contributed by atoms with Crippen molar-refractivity contribution in [2.75, 3.05) is 39.3 Å². The SMILES string of the molecule is CCN(CC)C(CNCC(=O)c1cccc(S(=O)(=O)N2CCC(C)CC2)c1)c1ccc(C)cc1. The van der Waals surface area contributed by atoms with Gasteiger partial charge in [-0.05, 0) is 56.5 Å². The molecule has 34 heavy (non-hydrogen) atoms. The first-order valence-electron chi connectivity index (χ1n) is 12.4. The van der Waals surface area contributed by atoms with Gasteiger partial charge in [0.05, 0.1) is 11.4 Å². The molecule has 1 aliphatic rings. The summed E-state index contributed by atoms with van der Waals surface area (Å²) < 4.78 is 27.7. The van der Waals surface area contributed by atoms with E-state index in [0.717, 1.165) is 25.9 Å². The first kappa shape index (κ1) is 26.5. The van der Waals surface area contributed by atoms with Crippen LogP contribution >= 0.6 is 0 Å². The van der Waals surface area contributed by atoms with Gasteiger partial charge >= 0.3 is 0 Å². The van der Waals surface area contributed by atoms with E-state index in [4.69, 9.17) is 0 Å². The quantitative estimate of drug-likeness (QED) is 0.482. The van der Waals surface area contributed by atoms with Crippen LogP contribution in [0.25, 0.3) is 0 Å². The average molecular weight is 486 g/mol. The summed E-state index contributed by atoms with van der Waals surface area (Å²) in [5, 5.41) is 3.32. The Kier molecular flexibility index (Phi) is 9.42. The van der Waals surface area contributed by atoms with Crippen molar-refractivity contribution >= 4 is 15.8 Å². The average Bonchev–Trinajstić information content (AvgIpc) is 2.84. The lowest BCUT2D eigenvalue weighted by Crippen LogP contribution is -2.38. The highest BCUT2D eigenvalue weighted by Crippen LogP contribution is 2.24. The molecule has 1 N–H and O–H groups in total. The fourth-order valence-corrected chi connectivity index (χ4v) is 6.06. The Morgan fingerprint density at radius 1 is 1.09 bits per heavy atom. The van der Waals surface area contributed by atoms with E-state index in [0.29, 0.717) is 31.1 Å². The maximum Gasteiger partial charge on any atom is 0.243 e. The summed E-state index contributed by atoms with van der Waals surface area (Å²) in [6.07, 6.45) is 1.74. The lowest BCUT2D eigenvalue weighted by atomic mass is 10.0. The molecule has 0 saturated carbocycles. The Balaban J connectivity index is 1.66. The molecule has 0 aromatic heterocycles. The number of Topliss-reactive ketones (excluding diaryl/α,β-unsaturated/α-hetero) is 1. The zero-order chi connectivity index (χ0) is 24.7. The third kappa shape index (κ3) is 6.54. The molecule has 2 aromatic rings. The van der Waals surface area contributed by atoms with Crippen molar-refractivity contribution in [2.24, 2.45) is 5.92 Å². The Bertz CT molecular complexity index is 1040. The second-order valence-electron chi connectivity index (χ2n) is 9.32. The number of ketones is 1. The fraction of sp³-hybridized carbons (Fsp3) is 0.519. The minimum atomic E-state index is -3.58. The number of benzene rings is 2. The molecule has 1 unspecified atom stereocenters. The molecule has 2 aromatic carbocycles.